The van der Waals surface area contributed by atoms with Gasteiger partial charge in [0.1, 0.15) is 11.5 Å². The minimum Gasteiger partial charge on any atom is -0.497 e. The molecule has 8 heteroatoms. The molecule has 0 bridgehead atoms. The number of amides is 2. The first-order chi connectivity index (χ1) is 16.5. The Kier molecular flexibility index (Phi) is 8.76. The van der Waals surface area contributed by atoms with Gasteiger partial charge in [-0.05, 0) is 79.3 Å². The van der Waals surface area contributed by atoms with E-state index in [1.165, 1.54) is 6.08 Å². The molecule has 2 amide bonds. The first-order valence-corrected chi connectivity index (χ1v) is 11.0. The van der Waals surface area contributed by atoms with Crippen LogP contribution in [0.2, 0.25) is 0 Å². The molecule has 0 unspecified atom stereocenters. The van der Waals surface area contributed by atoms with Gasteiger partial charge in [0.25, 0.3) is 5.91 Å². The fraction of sp³-hybridized carbons (Fsp3) is 0.115. The van der Waals surface area contributed by atoms with Gasteiger partial charge in [-0.2, -0.15) is 0 Å². The zero-order valence-electron chi connectivity index (χ0n) is 18.8. The number of ether oxygens (including phenoxy) is 2. The maximum absolute atomic E-state index is 12.8. The molecule has 0 atom stereocenters. The van der Waals surface area contributed by atoms with Gasteiger partial charge in [-0.1, -0.05) is 24.3 Å². The Labute approximate surface area is 203 Å². The fourth-order valence-electron chi connectivity index (χ4n) is 2.98. The van der Waals surface area contributed by atoms with Gasteiger partial charge in [0, 0.05) is 11.8 Å². The lowest BCUT2D eigenvalue weighted by Gasteiger charge is -2.13. The number of methoxy groups -OCH3 is 1. The van der Waals surface area contributed by atoms with Crippen LogP contribution in [0.4, 0.5) is 11.4 Å². The molecule has 34 heavy (non-hydrogen) atoms. The number of hydrogen-bond acceptors (Lipinski definition) is 5. The van der Waals surface area contributed by atoms with E-state index in [0.29, 0.717) is 23.5 Å². The average molecular weight is 476 g/mol. The highest BCUT2D eigenvalue weighted by atomic mass is 32.1. The van der Waals surface area contributed by atoms with E-state index in [-0.39, 0.29) is 11.0 Å². The highest BCUT2D eigenvalue weighted by Crippen LogP contribution is 2.20. The van der Waals surface area contributed by atoms with E-state index in [2.05, 4.69) is 16.0 Å². The van der Waals surface area contributed by atoms with Crippen molar-refractivity contribution in [2.24, 2.45) is 0 Å². The lowest BCUT2D eigenvalue weighted by molar-refractivity contribution is -0.115. The zero-order valence-corrected chi connectivity index (χ0v) is 19.6. The number of carbonyl (C=O) groups is 2. The number of nitrogens with one attached hydrogen (secondary N) is 3. The molecule has 3 aromatic carbocycles. The average Bonchev–Trinajstić information content (AvgIpc) is 2.84. The Morgan fingerprint density at radius 3 is 2.26 bits per heavy atom. The molecule has 0 saturated heterocycles. The summed E-state index contributed by atoms with van der Waals surface area (Å²) in [5.74, 6) is 0.743. The molecule has 0 aliphatic heterocycles. The van der Waals surface area contributed by atoms with E-state index >= 15 is 0 Å². The third-order valence-corrected chi connectivity index (χ3v) is 4.83. The van der Waals surface area contributed by atoms with Gasteiger partial charge in [0.15, 0.2) is 5.11 Å². The number of carbonyl (C=O) groups excluding carboxylic acids is 2. The van der Waals surface area contributed by atoms with E-state index in [1.54, 1.807) is 73.8 Å². The molecule has 0 aromatic heterocycles. The normalized spacial score (nSPS) is 10.4. The molecule has 0 spiro atoms. The predicted octanol–water partition coefficient (Wildman–Crippen LogP) is 4.87. The van der Waals surface area contributed by atoms with Crippen LogP contribution in [-0.4, -0.2) is 30.6 Å². The van der Waals surface area contributed by atoms with Gasteiger partial charge in [0.05, 0.1) is 25.0 Å². The molecule has 0 saturated carbocycles. The Bertz CT molecular complexity index is 1180. The van der Waals surface area contributed by atoms with E-state index in [0.717, 1.165) is 17.1 Å². The second-order valence-corrected chi connectivity index (χ2v) is 7.42. The minimum absolute atomic E-state index is 0.0747. The standard InChI is InChI=1S/C26H25N3O4S/c1-3-33-21-15-11-19(12-16-21)27-25(31)22-6-4-5-7-23(22)28-26(34)29-24(30)17-10-18-8-13-20(32-2)14-9-18/h4-17H,3H2,1-2H3,(H,27,31)(H2,28,29,30,34)/b17-10+. The second kappa shape index (κ2) is 12.2. The van der Waals surface area contributed by atoms with Crippen LogP contribution in [0.25, 0.3) is 6.08 Å². The van der Waals surface area contributed by atoms with E-state index in [4.69, 9.17) is 21.7 Å². The molecule has 7 nitrogen and oxygen atoms in total. The fourth-order valence-corrected chi connectivity index (χ4v) is 3.19. The van der Waals surface area contributed by atoms with Crippen LogP contribution >= 0.6 is 12.2 Å². The molecular formula is C26H25N3O4S. The number of anilines is 2. The Hall–Kier alpha value is -4.17. The maximum atomic E-state index is 12.8. The van der Waals surface area contributed by atoms with Gasteiger partial charge < -0.3 is 20.1 Å². The van der Waals surface area contributed by atoms with Crippen LogP contribution in [0, 0.1) is 0 Å². The molecule has 3 rings (SSSR count). The summed E-state index contributed by atoms with van der Waals surface area (Å²) in [4.78, 5) is 25.1. The van der Waals surface area contributed by atoms with Gasteiger partial charge in [-0.15, -0.1) is 0 Å². The zero-order chi connectivity index (χ0) is 24.3. The lowest BCUT2D eigenvalue weighted by Crippen LogP contribution is -2.33. The minimum atomic E-state index is -0.398. The third kappa shape index (κ3) is 7.18. The van der Waals surface area contributed by atoms with E-state index in [9.17, 15) is 9.59 Å². The molecule has 0 fully saturated rings. The van der Waals surface area contributed by atoms with Crippen molar-refractivity contribution in [1.29, 1.82) is 0 Å². The summed E-state index contributed by atoms with van der Waals surface area (Å²) < 4.78 is 10.5. The van der Waals surface area contributed by atoms with E-state index in [1.807, 2.05) is 19.1 Å². The first kappa shape index (κ1) is 24.5. The SMILES string of the molecule is CCOc1ccc(NC(=O)c2ccccc2NC(=S)NC(=O)/C=C/c2ccc(OC)cc2)cc1. The maximum Gasteiger partial charge on any atom is 0.257 e. The molecule has 174 valence electrons. The van der Waals surface area contributed by atoms with Gasteiger partial charge >= 0.3 is 0 Å². The van der Waals surface area contributed by atoms with Crippen molar-refractivity contribution in [2.45, 2.75) is 6.92 Å². The topological polar surface area (TPSA) is 88.7 Å². The molecule has 3 N–H and O–H groups in total. The smallest absolute Gasteiger partial charge is 0.257 e. The van der Waals surface area contributed by atoms with Crippen molar-refractivity contribution >= 4 is 46.6 Å². The Balaban J connectivity index is 1.59. The number of para-hydroxylation sites is 1. The molecular weight excluding hydrogens is 450 g/mol. The predicted molar refractivity (Wildman–Crippen MR) is 138 cm³/mol. The Morgan fingerprint density at radius 1 is 0.912 bits per heavy atom. The van der Waals surface area contributed by atoms with Crippen molar-refractivity contribution in [3.05, 3.63) is 90.0 Å². The van der Waals surface area contributed by atoms with Crippen molar-refractivity contribution in [1.82, 2.24) is 5.32 Å². The summed E-state index contributed by atoms with van der Waals surface area (Å²) in [5.41, 5.74) is 2.31. The number of benzene rings is 3. The summed E-state index contributed by atoms with van der Waals surface area (Å²) in [6.07, 6.45) is 3.04. The molecule has 3 aromatic rings. The van der Waals surface area contributed by atoms with Gasteiger partial charge in [-0.25, -0.2) is 0 Å². The van der Waals surface area contributed by atoms with Crippen LogP contribution in [0.15, 0.2) is 78.9 Å². The van der Waals surface area contributed by atoms with Crippen LogP contribution in [0.3, 0.4) is 0 Å². The summed E-state index contributed by atoms with van der Waals surface area (Å²) in [7, 11) is 1.59. The first-order valence-electron chi connectivity index (χ1n) is 10.6. The summed E-state index contributed by atoms with van der Waals surface area (Å²) >= 11 is 5.25. The summed E-state index contributed by atoms with van der Waals surface area (Å²) in [6, 6.07) is 21.3. The van der Waals surface area contributed by atoms with Crippen molar-refractivity contribution in [3.63, 3.8) is 0 Å². The van der Waals surface area contributed by atoms with Crippen molar-refractivity contribution < 1.29 is 19.1 Å². The highest BCUT2D eigenvalue weighted by Gasteiger charge is 2.13. The molecule has 0 aliphatic carbocycles. The Morgan fingerprint density at radius 2 is 1.59 bits per heavy atom. The van der Waals surface area contributed by atoms with Crippen LogP contribution in [-0.2, 0) is 4.79 Å². The van der Waals surface area contributed by atoms with Crippen LogP contribution in [0.5, 0.6) is 11.5 Å². The quantitative estimate of drug-likeness (QED) is 0.318. The number of hydrogen-bond donors (Lipinski definition) is 3. The molecule has 0 heterocycles. The van der Waals surface area contributed by atoms with Crippen molar-refractivity contribution in [3.8, 4) is 11.5 Å². The monoisotopic (exact) mass is 475 g/mol. The third-order valence-electron chi connectivity index (χ3n) is 4.62. The number of thiocarbonyl (C=S) groups is 1. The second-order valence-electron chi connectivity index (χ2n) is 7.01. The van der Waals surface area contributed by atoms with E-state index < -0.39 is 5.91 Å². The van der Waals surface area contributed by atoms with Gasteiger partial charge in [-0.3, -0.25) is 14.9 Å². The van der Waals surface area contributed by atoms with Gasteiger partial charge in [0.2, 0.25) is 5.91 Å². The van der Waals surface area contributed by atoms with Crippen molar-refractivity contribution in [2.75, 3.05) is 24.4 Å². The summed E-state index contributed by atoms with van der Waals surface area (Å²) in [6.45, 7) is 2.47. The van der Waals surface area contributed by atoms with Crippen LogP contribution in [0.1, 0.15) is 22.8 Å². The summed E-state index contributed by atoms with van der Waals surface area (Å²) in [5, 5.41) is 8.41. The highest BCUT2D eigenvalue weighted by molar-refractivity contribution is 7.80. The molecule has 0 radical (unpaired) electrons. The molecule has 0 aliphatic rings. The van der Waals surface area contributed by atoms with Crippen LogP contribution < -0.4 is 25.4 Å². The number of rotatable bonds is 8. The lowest BCUT2D eigenvalue weighted by atomic mass is 10.1. The largest absolute Gasteiger partial charge is 0.497 e.